The van der Waals surface area contributed by atoms with Crippen molar-refractivity contribution in [1.29, 1.82) is 0 Å². The van der Waals surface area contributed by atoms with E-state index in [1.54, 1.807) is 6.92 Å². The van der Waals surface area contributed by atoms with Crippen molar-refractivity contribution in [2.45, 2.75) is 13.3 Å². The number of hydrogen-bond acceptors (Lipinski definition) is 3. The quantitative estimate of drug-likeness (QED) is 0.727. The van der Waals surface area contributed by atoms with Crippen LogP contribution in [0.25, 0.3) is 0 Å². The van der Waals surface area contributed by atoms with Gasteiger partial charge in [0.05, 0.1) is 12.3 Å². The Bertz CT molecular complexity index is 426. The molecule has 1 aliphatic heterocycles. The van der Waals surface area contributed by atoms with Gasteiger partial charge < -0.3 is 9.47 Å². The molecule has 16 heavy (non-hydrogen) atoms. The Balaban J connectivity index is 2.10. The molecule has 1 aromatic carbocycles. The first-order valence-corrected chi connectivity index (χ1v) is 5.23. The van der Waals surface area contributed by atoms with E-state index in [0.717, 1.165) is 11.3 Å². The maximum atomic E-state index is 11.2. The fourth-order valence-corrected chi connectivity index (χ4v) is 1.58. The van der Waals surface area contributed by atoms with Crippen LogP contribution < -0.4 is 4.74 Å². The van der Waals surface area contributed by atoms with Gasteiger partial charge in [0.25, 0.3) is 0 Å². The van der Waals surface area contributed by atoms with E-state index < -0.39 is 6.09 Å². The molecule has 0 spiro atoms. The molecule has 4 heteroatoms. The second-order valence-electron chi connectivity index (χ2n) is 3.45. The molecule has 0 fully saturated rings. The van der Waals surface area contributed by atoms with Gasteiger partial charge >= 0.3 is 6.09 Å². The van der Waals surface area contributed by atoms with Gasteiger partial charge in [0.15, 0.2) is 0 Å². The average Bonchev–Trinajstić information content (AvgIpc) is 2.29. The number of ether oxygens (including phenoxy) is 2. The molecular weight excluding hydrogens is 206 g/mol. The number of carbonyl (C=O) groups excluding carboxylic acids is 1. The smallest absolute Gasteiger partial charge is 0.433 e. The molecule has 1 heterocycles. The molecule has 1 aliphatic rings. The molecule has 1 amide bonds. The minimum absolute atomic E-state index is 0.340. The van der Waals surface area contributed by atoms with E-state index in [1.807, 2.05) is 24.3 Å². The van der Waals surface area contributed by atoms with Crippen molar-refractivity contribution in [3.8, 4) is 5.75 Å². The third kappa shape index (κ3) is 2.39. The first-order valence-electron chi connectivity index (χ1n) is 5.23. The third-order valence-electron chi connectivity index (χ3n) is 2.28. The van der Waals surface area contributed by atoms with Crippen LogP contribution in [0.4, 0.5) is 4.79 Å². The molecule has 0 saturated carbocycles. The molecule has 0 aromatic heterocycles. The van der Waals surface area contributed by atoms with E-state index >= 15 is 0 Å². The van der Waals surface area contributed by atoms with Crippen molar-refractivity contribution in [1.82, 2.24) is 0 Å². The normalized spacial score (nSPS) is 16.4. The van der Waals surface area contributed by atoms with E-state index in [1.165, 1.54) is 0 Å². The van der Waals surface area contributed by atoms with E-state index in [9.17, 15) is 4.79 Å². The van der Waals surface area contributed by atoms with Crippen molar-refractivity contribution in [3.05, 3.63) is 29.8 Å². The summed E-state index contributed by atoms with van der Waals surface area (Å²) in [4.78, 5) is 15.0. The first-order chi connectivity index (χ1) is 7.79. The van der Waals surface area contributed by atoms with Gasteiger partial charge in [-0.2, -0.15) is 4.99 Å². The molecule has 0 bridgehead atoms. The minimum Gasteiger partial charge on any atom is -0.487 e. The summed E-state index contributed by atoms with van der Waals surface area (Å²) in [6, 6.07) is 7.74. The molecule has 0 radical (unpaired) electrons. The Morgan fingerprint density at radius 3 is 3.12 bits per heavy atom. The molecule has 84 valence electrons. The molecule has 0 unspecified atom stereocenters. The molecular formula is C12H13NO3. The molecule has 0 N–H and O–H groups in total. The highest BCUT2D eigenvalue weighted by molar-refractivity contribution is 5.96. The Morgan fingerprint density at radius 1 is 1.50 bits per heavy atom. The maximum absolute atomic E-state index is 11.2. The van der Waals surface area contributed by atoms with Gasteiger partial charge in [-0.3, -0.25) is 0 Å². The number of aliphatic imine (C=N–C) groups is 1. The number of nitrogens with zero attached hydrogens (tertiary/aromatic N) is 1. The monoisotopic (exact) mass is 219 g/mol. The van der Waals surface area contributed by atoms with Crippen LogP contribution in [0, 0.1) is 0 Å². The second-order valence-corrected chi connectivity index (χ2v) is 3.45. The average molecular weight is 219 g/mol. The first kappa shape index (κ1) is 10.7. The number of rotatable bonds is 1. The lowest BCUT2D eigenvalue weighted by Gasteiger charge is -2.18. The summed E-state index contributed by atoms with van der Waals surface area (Å²) in [5, 5.41) is 0. The maximum Gasteiger partial charge on any atom is 0.433 e. The third-order valence-corrected chi connectivity index (χ3v) is 2.28. The Hall–Kier alpha value is -1.84. The van der Waals surface area contributed by atoms with Crippen LogP contribution in [0.3, 0.4) is 0 Å². The Kier molecular flexibility index (Phi) is 3.19. The van der Waals surface area contributed by atoms with Crippen molar-refractivity contribution >= 4 is 11.8 Å². The number of carbonyl (C=O) groups is 1. The lowest BCUT2D eigenvalue weighted by molar-refractivity contribution is 0.163. The highest BCUT2D eigenvalue weighted by atomic mass is 16.5. The van der Waals surface area contributed by atoms with E-state index in [0.29, 0.717) is 25.3 Å². The standard InChI is InChI=1S/C12H13NO3/c1-2-15-12(14)13-10-7-9-5-3-4-6-11(9)16-8-10/h3-6H,2,7-8H2,1H3. The van der Waals surface area contributed by atoms with Crippen LogP contribution in [-0.4, -0.2) is 25.0 Å². The van der Waals surface area contributed by atoms with Crippen molar-refractivity contribution in [2.24, 2.45) is 4.99 Å². The predicted octanol–water partition coefficient (Wildman–Crippen LogP) is 2.22. The second kappa shape index (κ2) is 4.79. The topological polar surface area (TPSA) is 47.9 Å². The van der Waals surface area contributed by atoms with Crippen LogP contribution in [0.2, 0.25) is 0 Å². The summed E-state index contributed by atoms with van der Waals surface area (Å²) in [5.41, 5.74) is 1.76. The van der Waals surface area contributed by atoms with Gasteiger partial charge in [0.2, 0.25) is 0 Å². The van der Waals surface area contributed by atoms with Crippen LogP contribution in [-0.2, 0) is 11.2 Å². The highest BCUT2D eigenvalue weighted by Gasteiger charge is 2.15. The van der Waals surface area contributed by atoms with E-state index in [-0.39, 0.29) is 0 Å². The lowest BCUT2D eigenvalue weighted by atomic mass is 10.1. The molecule has 1 aromatic rings. The van der Waals surface area contributed by atoms with Crippen molar-refractivity contribution < 1.29 is 14.3 Å². The van der Waals surface area contributed by atoms with Gasteiger partial charge in [-0.1, -0.05) is 18.2 Å². The summed E-state index contributed by atoms with van der Waals surface area (Å²) >= 11 is 0. The zero-order valence-electron chi connectivity index (χ0n) is 9.10. The van der Waals surface area contributed by atoms with Gasteiger partial charge in [-0.15, -0.1) is 0 Å². The zero-order valence-corrected chi connectivity index (χ0v) is 9.10. The van der Waals surface area contributed by atoms with Crippen LogP contribution in [0.5, 0.6) is 5.75 Å². The summed E-state index contributed by atoms with van der Waals surface area (Å²) < 4.78 is 10.2. The van der Waals surface area contributed by atoms with Gasteiger partial charge in [0, 0.05) is 6.42 Å². The highest BCUT2D eigenvalue weighted by Crippen LogP contribution is 2.22. The number of hydrogen-bond donors (Lipinski definition) is 0. The van der Waals surface area contributed by atoms with Crippen molar-refractivity contribution in [2.75, 3.05) is 13.2 Å². The van der Waals surface area contributed by atoms with Crippen molar-refractivity contribution in [3.63, 3.8) is 0 Å². The predicted molar refractivity (Wildman–Crippen MR) is 60.1 cm³/mol. The van der Waals surface area contributed by atoms with Gasteiger partial charge in [-0.05, 0) is 18.6 Å². The lowest BCUT2D eigenvalue weighted by Crippen LogP contribution is -2.22. The van der Waals surface area contributed by atoms with E-state index in [2.05, 4.69) is 4.99 Å². The molecule has 0 atom stereocenters. The minimum atomic E-state index is -0.541. The summed E-state index contributed by atoms with van der Waals surface area (Å²) in [6.07, 6.45) is 0.107. The molecule has 4 nitrogen and oxygen atoms in total. The Morgan fingerprint density at radius 2 is 2.31 bits per heavy atom. The molecule has 2 rings (SSSR count). The number of fused-ring (bicyclic) bond motifs is 1. The number of para-hydroxylation sites is 1. The van der Waals surface area contributed by atoms with E-state index in [4.69, 9.17) is 9.47 Å². The number of amides is 1. The summed E-state index contributed by atoms with van der Waals surface area (Å²) in [6.45, 7) is 2.45. The summed E-state index contributed by atoms with van der Waals surface area (Å²) in [5.74, 6) is 0.866. The number of benzene rings is 1. The molecule has 0 saturated heterocycles. The van der Waals surface area contributed by atoms with Crippen LogP contribution in [0.15, 0.2) is 29.3 Å². The van der Waals surface area contributed by atoms with Crippen LogP contribution in [0.1, 0.15) is 12.5 Å². The molecule has 0 aliphatic carbocycles. The summed E-state index contributed by atoms with van der Waals surface area (Å²) in [7, 11) is 0. The van der Waals surface area contributed by atoms with Gasteiger partial charge in [-0.25, -0.2) is 4.79 Å². The Labute approximate surface area is 93.9 Å². The SMILES string of the molecule is CCOC(=O)N=C1COc2ccccc2C1. The van der Waals surface area contributed by atoms with Crippen LogP contribution >= 0.6 is 0 Å². The largest absolute Gasteiger partial charge is 0.487 e. The fraction of sp³-hybridized carbons (Fsp3) is 0.333. The van der Waals surface area contributed by atoms with Gasteiger partial charge in [0.1, 0.15) is 12.4 Å². The zero-order chi connectivity index (χ0) is 11.4. The fourth-order valence-electron chi connectivity index (χ4n) is 1.58.